The van der Waals surface area contributed by atoms with E-state index in [1.165, 1.54) is 11.8 Å². The first kappa shape index (κ1) is 16.6. The molecule has 1 aliphatic heterocycles. The molecule has 0 bridgehead atoms. The Bertz CT molecular complexity index is 536. The van der Waals surface area contributed by atoms with Gasteiger partial charge in [0.2, 0.25) is 5.91 Å². The number of morpholine rings is 1. The number of benzene rings is 1. The maximum atomic E-state index is 12.2. The highest BCUT2D eigenvalue weighted by Gasteiger charge is 2.25. The molecule has 6 nitrogen and oxygen atoms in total. The number of thioether (sulfide) groups is 1. The highest BCUT2D eigenvalue weighted by molar-refractivity contribution is 8.00. The van der Waals surface area contributed by atoms with Crippen LogP contribution in [-0.4, -0.2) is 60.5 Å². The van der Waals surface area contributed by atoms with E-state index in [2.05, 4.69) is 0 Å². The van der Waals surface area contributed by atoms with E-state index in [1.54, 1.807) is 12.0 Å². The summed E-state index contributed by atoms with van der Waals surface area (Å²) < 4.78 is 10.5. The van der Waals surface area contributed by atoms with Crippen molar-refractivity contribution < 1.29 is 24.2 Å². The predicted molar refractivity (Wildman–Crippen MR) is 82.3 cm³/mol. The number of carbonyl (C=O) groups excluding carboxylic acids is 1. The summed E-state index contributed by atoms with van der Waals surface area (Å²) in [5.41, 5.74) is 0. The Morgan fingerprint density at radius 1 is 1.50 bits per heavy atom. The number of amides is 1. The van der Waals surface area contributed by atoms with Crippen LogP contribution < -0.4 is 4.74 Å². The van der Waals surface area contributed by atoms with Gasteiger partial charge in [0.25, 0.3) is 0 Å². The molecule has 1 aromatic carbocycles. The number of carbonyl (C=O) groups is 2. The number of aliphatic carboxylic acids is 1. The van der Waals surface area contributed by atoms with E-state index in [0.29, 0.717) is 25.4 Å². The van der Waals surface area contributed by atoms with E-state index < -0.39 is 12.1 Å². The van der Waals surface area contributed by atoms with Crippen molar-refractivity contribution in [3.8, 4) is 5.75 Å². The summed E-state index contributed by atoms with van der Waals surface area (Å²) >= 11 is 1.44. The van der Waals surface area contributed by atoms with Crippen LogP contribution in [0, 0.1) is 0 Å². The lowest BCUT2D eigenvalue weighted by molar-refractivity contribution is -0.146. The van der Waals surface area contributed by atoms with Crippen molar-refractivity contribution in [3.05, 3.63) is 24.3 Å². The summed E-state index contributed by atoms with van der Waals surface area (Å²) in [6.07, 6.45) is -0.496. The largest absolute Gasteiger partial charge is 0.497 e. The summed E-state index contributed by atoms with van der Waals surface area (Å²) in [7, 11) is 1.60. The Labute approximate surface area is 133 Å². The smallest absolute Gasteiger partial charge is 0.306 e. The van der Waals surface area contributed by atoms with Gasteiger partial charge in [-0.3, -0.25) is 9.59 Å². The van der Waals surface area contributed by atoms with Gasteiger partial charge >= 0.3 is 5.97 Å². The van der Waals surface area contributed by atoms with Crippen LogP contribution in [0.2, 0.25) is 0 Å². The van der Waals surface area contributed by atoms with E-state index in [9.17, 15) is 9.59 Å². The molecule has 1 unspecified atom stereocenters. The molecule has 0 spiro atoms. The Hall–Kier alpha value is -1.73. The molecule has 1 amide bonds. The molecule has 0 saturated carbocycles. The van der Waals surface area contributed by atoms with Gasteiger partial charge < -0.3 is 19.5 Å². The Balaban J connectivity index is 1.84. The van der Waals surface area contributed by atoms with E-state index in [-0.39, 0.29) is 12.3 Å². The Morgan fingerprint density at radius 3 is 3.05 bits per heavy atom. The second-order valence-corrected chi connectivity index (χ2v) is 5.95. The van der Waals surface area contributed by atoms with E-state index >= 15 is 0 Å². The SMILES string of the molecule is COc1cccc(SCC(=O)N2CCOC(CC(=O)O)C2)c1. The number of rotatable bonds is 6. The summed E-state index contributed by atoms with van der Waals surface area (Å²) in [6, 6.07) is 7.53. The Kier molecular flexibility index (Phi) is 6.09. The lowest BCUT2D eigenvalue weighted by atomic mass is 10.2. The minimum Gasteiger partial charge on any atom is -0.497 e. The minimum atomic E-state index is -0.912. The molecule has 1 saturated heterocycles. The fraction of sp³-hybridized carbons (Fsp3) is 0.467. The molecule has 0 aliphatic carbocycles. The molecule has 1 atom stereocenters. The van der Waals surface area contributed by atoms with Crippen molar-refractivity contribution in [1.82, 2.24) is 4.90 Å². The number of methoxy groups -OCH3 is 1. The number of hydrogen-bond acceptors (Lipinski definition) is 5. The molecule has 1 aliphatic rings. The first-order valence-electron chi connectivity index (χ1n) is 6.96. The van der Waals surface area contributed by atoms with E-state index in [4.69, 9.17) is 14.6 Å². The summed E-state index contributed by atoms with van der Waals surface area (Å²) in [5, 5.41) is 8.79. The molecule has 2 rings (SSSR count). The normalized spacial score (nSPS) is 18.0. The van der Waals surface area contributed by atoms with Gasteiger partial charge in [-0.2, -0.15) is 0 Å². The predicted octanol–water partition coefficient (Wildman–Crippen LogP) is 1.49. The zero-order chi connectivity index (χ0) is 15.9. The van der Waals surface area contributed by atoms with E-state index in [0.717, 1.165) is 10.6 Å². The number of nitrogens with zero attached hydrogens (tertiary/aromatic N) is 1. The lowest BCUT2D eigenvalue weighted by Gasteiger charge is -2.32. The zero-order valence-electron chi connectivity index (χ0n) is 12.4. The summed E-state index contributed by atoms with van der Waals surface area (Å²) in [6.45, 7) is 1.23. The molecule has 0 radical (unpaired) electrons. The standard InChI is InChI=1S/C15H19NO5S/c1-20-11-3-2-4-13(7-11)22-10-14(17)16-5-6-21-12(9-16)8-15(18)19/h2-4,7,12H,5-6,8-10H2,1H3,(H,18,19). The lowest BCUT2D eigenvalue weighted by Crippen LogP contribution is -2.46. The summed E-state index contributed by atoms with van der Waals surface area (Å²) in [4.78, 5) is 25.6. The number of ether oxygens (including phenoxy) is 2. The van der Waals surface area contributed by atoms with Gasteiger partial charge in [0.15, 0.2) is 0 Å². The molecule has 22 heavy (non-hydrogen) atoms. The van der Waals surface area contributed by atoms with Gasteiger partial charge in [0, 0.05) is 18.0 Å². The second-order valence-electron chi connectivity index (χ2n) is 4.90. The van der Waals surface area contributed by atoms with Gasteiger partial charge in [-0.1, -0.05) is 6.07 Å². The minimum absolute atomic E-state index is 0.00786. The monoisotopic (exact) mass is 325 g/mol. The van der Waals surface area contributed by atoms with Gasteiger partial charge in [-0.15, -0.1) is 11.8 Å². The fourth-order valence-electron chi connectivity index (χ4n) is 2.19. The molecule has 7 heteroatoms. The van der Waals surface area contributed by atoms with Crippen molar-refractivity contribution in [1.29, 1.82) is 0 Å². The number of carboxylic acids is 1. The van der Waals surface area contributed by atoms with Crippen LogP contribution in [0.5, 0.6) is 5.75 Å². The van der Waals surface area contributed by atoms with Gasteiger partial charge in [0.05, 0.1) is 32.0 Å². The van der Waals surface area contributed by atoms with Crippen LogP contribution in [0.25, 0.3) is 0 Å². The van der Waals surface area contributed by atoms with Crippen molar-refractivity contribution in [3.63, 3.8) is 0 Å². The van der Waals surface area contributed by atoms with Gasteiger partial charge in [-0.25, -0.2) is 0 Å². The molecule has 1 N–H and O–H groups in total. The van der Waals surface area contributed by atoms with Crippen molar-refractivity contribution in [2.24, 2.45) is 0 Å². The molecule has 120 valence electrons. The van der Waals surface area contributed by atoms with Crippen LogP contribution >= 0.6 is 11.8 Å². The highest BCUT2D eigenvalue weighted by atomic mass is 32.2. The van der Waals surface area contributed by atoms with Gasteiger partial charge in [0.1, 0.15) is 5.75 Å². The first-order chi connectivity index (χ1) is 10.6. The third-order valence-electron chi connectivity index (χ3n) is 3.30. The van der Waals surface area contributed by atoms with Crippen LogP contribution in [0.3, 0.4) is 0 Å². The van der Waals surface area contributed by atoms with Crippen LogP contribution in [-0.2, 0) is 14.3 Å². The first-order valence-corrected chi connectivity index (χ1v) is 7.95. The quantitative estimate of drug-likeness (QED) is 0.799. The molecule has 1 fully saturated rings. The fourth-order valence-corrected chi connectivity index (χ4v) is 3.04. The molecular formula is C15H19NO5S. The maximum Gasteiger partial charge on any atom is 0.306 e. The third kappa shape index (κ3) is 4.92. The average Bonchev–Trinajstić information content (AvgIpc) is 2.52. The zero-order valence-corrected chi connectivity index (χ0v) is 13.2. The van der Waals surface area contributed by atoms with Crippen molar-refractivity contribution >= 4 is 23.6 Å². The van der Waals surface area contributed by atoms with Crippen molar-refractivity contribution in [2.45, 2.75) is 17.4 Å². The molecule has 1 heterocycles. The topological polar surface area (TPSA) is 76.1 Å². The molecular weight excluding hydrogens is 306 g/mol. The second kappa shape index (κ2) is 8.05. The maximum absolute atomic E-state index is 12.2. The van der Waals surface area contributed by atoms with Crippen LogP contribution in [0.15, 0.2) is 29.2 Å². The van der Waals surface area contributed by atoms with Crippen LogP contribution in [0.1, 0.15) is 6.42 Å². The third-order valence-corrected chi connectivity index (χ3v) is 4.28. The van der Waals surface area contributed by atoms with Crippen LogP contribution in [0.4, 0.5) is 0 Å². The Morgan fingerprint density at radius 2 is 2.32 bits per heavy atom. The summed E-state index contributed by atoms with van der Waals surface area (Å²) in [5.74, 6) is 0.148. The highest BCUT2D eigenvalue weighted by Crippen LogP contribution is 2.23. The van der Waals surface area contributed by atoms with Crippen molar-refractivity contribution in [2.75, 3.05) is 32.6 Å². The number of carboxylic acid groups (broad SMARTS) is 1. The van der Waals surface area contributed by atoms with E-state index in [1.807, 2.05) is 24.3 Å². The molecule has 1 aromatic rings. The molecule has 0 aromatic heterocycles. The van der Waals surface area contributed by atoms with Gasteiger partial charge in [-0.05, 0) is 18.2 Å². The number of hydrogen-bond donors (Lipinski definition) is 1. The average molecular weight is 325 g/mol.